The van der Waals surface area contributed by atoms with E-state index in [-0.39, 0.29) is 37.2 Å². The lowest BCUT2D eigenvalue weighted by Gasteiger charge is -2.34. The number of halogens is 3. The van der Waals surface area contributed by atoms with E-state index in [9.17, 15) is 0 Å². The first kappa shape index (κ1) is 19.0. The third-order valence-corrected chi connectivity index (χ3v) is 2.78. The minimum absolute atomic E-state index is 0. The Balaban J connectivity index is 0. The molecule has 0 unspecified atom stereocenters. The molecule has 2 rings (SSSR count). The average Bonchev–Trinajstić information content (AvgIpc) is 2.20. The lowest BCUT2D eigenvalue weighted by Crippen LogP contribution is -2.44. The van der Waals surface area contributed by atoms with Gasteiger partial charge >= 0.3 is 0 Å². The summed E-state index contributed by atoms with van der Waals surface area (Å²) in [6.45, 7) is 4.39. The molecule has 6 heteroatoms. The molecule has 0 aliphatic carbocycles. The van der Waals surface area contributed by atoms with Crippen molar-refractivity contribution in [2.75, 3.05) is 43.9 Å². The summed E-state index contributed by atoms with van der Waals surface area (Å²) >= 11 is 0. The molecule has 1 aliphatic rings. The van der Waals surface area contributed by atoms with Crippen molar-refractivity contribution in [1.29, 1.82) is 0 Å². The average molecular weight is 301 g/mol. The van der Waals surface area contributed by atoms with Gasteiger partial charge in [0, 0.05) is 26.2 Å². The van der Waals surface area contributed by atoms with Crippen LogP contribution in [0, 0.1) is 0 Å². The van der Waals surface area contributed by atoms with Gasteiger partial charge in [0.2, 0.25) is 0 Å². The number of nitrogen functional groups attached to an aromatic ring is 1. The molecule has 0 atom stereocenters. The molecule has 1 heterocycles. The third kappa shape index (κ3) is 4.80. The molecule has 0 radical (unpaired) electrons. The molecule has 3 nitrogen and oxygen atoms in total. The minimum atomic E-state index is 0. The molecular weight excluding hydrogens is 281 g/mol. The van der Waals surface area contributed by atoms with E-state index in [2.05, 4.69) is 22.9 Å². The van der Waals surface area contributed by atoms with Crippen molar-refractivity contribution in [3.63, 3.8) is 0 Å². The van der Waals surface area contributed by atoms with Crippen LogP contribution < -0.4 is 10.6 Å². The van der Waals surface area contributed by atoms with E-state index < -0.39 is 0 Å². The number of nitrogens with two attached hydrogens (primary N) is 1. The van der Waals surface area contributed by atoms with Gasteiger partial charge in [-0.3, -0.25) is 0 Å². The second-order valence-electron chi connectivity index (χ2n) is 3.85. The maximum absolute atomic E-state index is 5.93. The lowest BCUT2D eigenvalue weighted by molar-refractivity contribution is 0.313. The molecule has 0 spiro atoms. The third-order valence-electron chi connectivity index (χ3n) is 2.78. The largest absolute Gasteiger partial charge is 0.397 e. The Bertz CT molecular complexity index is 315. The van der Waals surface area contributed by atoms with E-state index in [1.165, 1.54) is 5.69 Å². The zero-order valence-corrected chi connectivity index (χ0v) is 12.3. The summed E-state index contributed by atoms with van der Waals surface area (Å²) in [6.07, 6.45) is 0. The van der Waals surface area contributed by atoms with Crippen LogP contribution in [0.3, 0.4) is 0 Å². The number of nitrogens with zero attached hydrogens (tertiary/aromatic N) is 2. The van der Waals surface area contributed by atoms with Crippen LogP contribution in [0.4, 0.5) is 11.4 Å². The van der Waals surface area contributed by atoms with Crippen molar-refractivity contribution in [1.82, 2.24) is 4.90 Å². The second kappa shape index (κ2) is 8.70. The summed E-state index contributed by atoms with van der Waals surface area (Å²) in [6, 6.07) is 8.09. The van der Waals surface area contributed by atoms with Gasteiger partial charge in [0.15, 0.2) is 0 Å². The first-order valence-corrected chi connectivity index (χ1v) is 5.05. The first-order valence-electron chi connectivity index (χ1n) is 5.05. The van der Waals surface area contributed by atoms with Crippen molar-refractivity contribution in [3.8, 4) is 0 Å². The molecule has 1 aliphatic heterocycles. The fraction of sp³-hybridized carbons (Fsp3) is 0.455. The molecule has 1 aromatic carbocycles. The smallest absolute Gasteiger partial charge is 0.0600 e. The quantitative estimate of drug-likeness (QED) is 0.808. The van der Waals surface area contributed by atoms with Crippen LogP contribution >= 0.6 is 37.2 Å². The maximum atomic E-state index is 5.93. The molecule has 1 saturated heterocycles. The molecular formula is C11H20Cl3N3. The highest BCUT2D eigenvalue weighted by Gasteiger charge is 2.15. The fourth-order valence-electron chi connectivity index (χ4n) is 1.82. The van der Waals surface area contributed by atoms with E-state index in [0.29, 0.717) is 0 Å². The molecule has 2 N–H and O–H groups in total. The summed E-state index contributed by atoms with van der Waals surface area (Å²) in [5.41, 5.74) is 8.00. The molecule has 1 fully saturated rings. The highest BCUT2D eigenvalue weighted by molar-refractivity contribution is 5.86. The monoisotopic (exact) mass is 299 g/mol. The summed E-state index contributed by atoms with van der Waals surface area (Å²) in [7, 11) is 2.16. The van der Waals surface area contributed by atoms with Crippen molar-refractivity contribution in [2.45, 2.75) is 0 Å². The van der Waals surface area contributed by atoms with E-state index in [4.69, 9.17) is 5.73 Å². The summed E-state index contributed by atoms with van der Waals surface area (Å²) in [5.74, 6) is 0. The number of anilines is 2. The SMILES string of the molecule is CN1CCN(c2ccccc2N)CC1.Cl.Cl.Cl. The number of rotatable bonds is 1. The Labute approximate surface area is 122 Å². The molecule has 0 amide bonds. The summed E-state index contributed by atoms with van der Waals surface area (Å²) in [5, 5.41) is 0. The van der Waals surface area contributed by atoms with Gasteiger partial charge in [0.1, 0.15) is 0 Å². The standard InChI is InChI=1S/C11H17N3.3ClH/c1-13-6-8-14(9-7-13)11-5-3-2-4-10(11)12;;;/h2-5H,6-9,12H2,1H3;3*1H. The van der Waals surface area contributed by atoms with E-state index in [1.54, 1.807) is 0 Å². The van der Waals surface area contributed by atoms with Gasteiger partial charge in [0.25, 0.3) is 0 Å². The number of hydrogen-bond donors (Lipinski definition) is 1. The van der Waals surface area contributed by atoms with Gasteiger partial charge < -0.3 is 15.5 Å². The summed E-state index contributed by atoms with van der Waals surface area (Å²) < 4.78 is 0. The van der Waals surface area contributed by atoms with Gasteiger partial charge in [-0.2, -0.15) is 0 Å². The van der Waals surface area contributed by atoms with E-state index in [1.807, 2.05) is 18.2 Å². The van der Waals surface area contributed by atoms with Crippen molar-refractivity contribution in [3.05, 3.63) is 24.3 Å². The van der Waals surface area contributed by atoms with Gasteiger partial charge in [0.05, 0.1) is 11.4 Å². The zero-order chi connectivity index (χ0) is 9.97. The van der Waals surface area contributed by atoms with Crippen LogP contribution in [0.1, 0.15) is 0 Å². The molecule has 1 aromatic rings. The normalized spacial score (nSPS) is 15.2. The van der Waals surface area contributed by atoms with E-state index >= 15 is 0 Å². The fourth-order valence-corrected chi connectivity index (χ4v) is 1.82. The molecule has 17 heavy (non-hydrogen) atoms. The Hall–Kier alpha value is -0.350. The van der Waals surface area contributed by atoms with Crippen LogP contribution in [0.15, 0.2) is 24.3 Å². The highest BCUT2D eigenvalue weighted by Crippen LogP contribution is 2.22. The van der Waals surface area contributed by atoms with Gasteiger partial charge in [-0.05, 0) is 19.2 Å². The molecule has 0 bridgehead atoms. The van der Waals surface area contributed by atoms with Crippen molar-refractivity contribution < 1.29 is 0 Å². The number of benzene rings is 1. The molecule has 0 aromatic heterocycles. The number of piperazine rings is 1. The number of para-hydroxylation sites is 2. The van der Waals surface area contributed by atoms with E-state index in [0.717, 1.165) is 31.9 Å². The minimum Gasteiger partial charge on any atom is -0.397 e. The molecule has 100 valence electrons. The Morgan fingerprint density at radius 1 is 0.941 bits per heavy atom. The molecule has 0 saturated carbocycles. The highest BCUT2D eigenvalue weighted by atomic mass is 35.5. The van der Waals surface area contributed by atoms with Crippen molar-refractivity contribution >= 4 is 48.6 Å². The van der Waals surface area contributed by atoms with Gasteiger partial charge in [-0.15, -0.1) is 37.2 Å². The number of hydrogen-bond acceptors (Lipinski definition) is 3. The predicted molar refractivity (Wildman–Crippen MR) is 82.3 cm³/mol. The van der Waals surface area contributed by atoms with Crippen LogP contribution in [-0.4, -0.2) is 38.1 Å². The van der Waals surface area contributed by atoms with Crippen LogP contribution in [0.25, 0.3) is 0 Å². The topological polar surface area (TPSA) is 32.5 Å². The summed E-state index contributed by atoms with van der Waals surface area (Å²) in [4.78, 5) is 4.70. The Kier molecular flexibility index (Phi) is 9.72. The van der Waals surface area contributed by atoms with Crippen LogP contribution in [0.5, 0.6) is 0 Å². The van der Waals surface area contributed by atoms with Crippen LogP contribution in [-0.2, 0) is 0 Å². The second-order valence-corrected chi connectivity index (χ2v) is 3.85. The van der Waals surface area contributed by atoms with Gasteiger partial charge in [-0.25, -0.2) is 0 Å². The zero-order valence-electron chi connectivity index (χ0n) is 9.83. The van der Waals surface area contributed by atoms with Crippen molar-refractivity contribution in [2.24, 2.45) is 0 Å². The van der Waals surface area contributed by atoms with Gasteiger partial charge in [-0.1, -0.05) is 12.1 Å². The van der Waals surface area contributed by atoms with Crippen LogP contribution in [0.2, 0.25) is 0 Å². The Morgan fingerprint density at radius 2 is 1.47 bits per heavy atom. The predicted octanol–water partition coefficient (Wildman–Crippen LogP) is 2.29. The number of likely N-dealkylation sites (N-methyl/N-ethyl adjacent to an activating group) is 1. The lowest BCUT2D eigenvalue weighted by atomic mass is 10.2. The first-order chi connectivity index (χ1) is 6.77. The Morgan fingerprint density at radius 3 is 2.00 bits per heavy atom. The maximum Gasteiger partial charge on any atom is 0.0600 e.